The Morgan fingerprint density at radius 2 is 0.517 bits per heavy atom. The van der Waals surface area contributed by atoms with Crippen molar-refractivity contribution in [2.75, 3.05) is 0 Å². The van der Waals surface area contributed by atoms with Gasteiger partial charge < -0.3 is 4.57 Å². The molecule has 3 heteroatoms. The minimum Gasteiger partial charge on any atom is -0.309 e. The number of nitrogens with zero attached hydrogens (tertiary/aromatic N) is 1. The van der Waals surface area contributed by atoms with Crippen molar-refractivity contribution >= 4 is 117 Å². The van der Waals surface area contributed by atoms with Crippen LogP contribution in [0.1, 0.15) is 0 Å². The lowest BCUT2D eigenvalue weighted by Gasteiger charge is -2.14. The largest absolute Gasteiger partial charge is 0.309 e. The van der Waals surface area contributed by atoms with Gasteiger partial charge in [0.15, 0.2) is 0 Å². The lowest BCUT2D eigenvalue weighted by atomic mass is 9.92. The highest BCUT2D eigenvalue weighted by Crippen LogP contribution is 2.49. The third-order valence-corrected chi connectivity index (χ3v) is 20.6. The number of thiophene rings is 2. The fraction of sp³-hybridized carbons (Fsp3) is 0. The molecule has 0 fully saturated rings. The molecule has 3 heterocycles. The van der Waals surface area contributed by atoms with Crippen LogP contribution in [0.5, 0.6) is 0 Å². The molecule has 0 aliphatic heterocycles. The molecule has 0 N–H and O–H groups in total. The fourth-order valence-corrected chi connectivity index (χ4v) is 16.3. The molecule has 1 nitrogen and oxygen atoms in total. The molecule has 0 atom stereocenters. The summed E-state index contributed by atoms with van der Waals surface area (Å²) >= 11 is 3.80. The number of rotatable bonds is 8. The Kier molecular flexibility index (Phi) is 11.4. The molecular formula is C84H51NS2. The zero-order valence-electron chi connectivity index (χ0n) is 47.2. The van der Waals surface area contributed by atoms with E-state index in [1.807, 2.05) is 22.7 Å². The van der Waals surface area contributed by atoms with Crippen molar-refractivity contribution in [3.8, 4) is 83.6 Å². The Balaban J connectivity index is 0.881. The zero-order valence-corrected chi connectivity index (χ0v) is 48.8. The fourth-order valence-electron chi connectivity index (χ4n) is 13.9. The van der Waals surface area contributed by atoms with Crippen LogP contribution in [-0.4, -0.2) is 4.57 Å². The van der Waals surface area contributed by atoms with Gasteiger partial charge >= 0.3 is 0 Å². The van der Waals surface area contributed by atoms with E-state index < -0.39 is 0 Å². The molecular weight excluding hydrogens is 1090 g/mol. The van der Waals surface area contributed by atoms with Crippen LogP contribution in [0.25, 0.3) is 178 Å². The normalized spacial score (nSPS) is 11.9. The average molecular weight is 1140 g/mol. The number of fused-ring (bicyclic) bond motifs is 15. The summed E-state index contributed by atoms with van der Waals surface area (Å²) in [5.74, 6) is 0. The molecule has 87 heavy (non-hydrogen) atoms. The molecule has 0 saturated carbocycles. The molecule has 18 rings (SSSR count). The lowest BCUT2D eigenvalue weighted by Crippen LogP contribution is -1.95. The summed E-state index contributed by atoms with van der Waals surface area (Å²) < 4.78 is 7.70. The number of benzene rings is 15. The predicted molar refractivity (Wildman–Crippen MR) is 377 cm³/mol. The third kappa shape index (κ3) is 8.19. The van der Waals surface area contributed by atoms with Crippen molar-refractivity contribution in [2.45, 2.75) is 0 Å². The zero-order chi connectivity index (χ0) is 57.1. The second-order valence-corrected chi connectivity index (χ2v) is 25.2. The minimum absolute atomic E-state index is 1.11. The second-order valence-electron chi connectivity index (χ2n) is 23.1. The van der Waals surface area contributed by atoms with E-state index in [1.54, 1.807) is 0 Å². The molecule has 0 amide bonds. The second kappa shape index (κ2) is 20.0. The van der Waals surface area contributed by atoms with Gasteiger partial charge in [-0.25, -0.2) is 0 Å². The molecule has 0 spiro atoms. The van der Waals surface area contributed by atoms with Crippen LogP contribution >= 0.6 is 22.7 Å². The van der Waals surface area contributed by atoms with E-state index in [0.29, 0.717) is 0 Å². The van der Waals surface area contributed by atoms with E-state index in [2.05, 4.69) is 314 Å². The summed E-state index contributed by atoms with van der Waals surface area (Å²) in [7, 11) is 0. The summed E-state index contributed by atoms with van der Waals surface area (Å²) in [5.41, 5.74) is 20.4. The van der Waals surface area contributed by atoms with Crippen molar-refractivity contribution in [3.63, 3.8) is 0 Å². The van der Waals surface area contributed by atoms with E-state index in [4.69, 9.17) is 0 Å². The first-order valence-corrected chi connectivity index (χ1v) is 31.5. The highest BCUT2D eigenvalue weighted by molar-refractivity contribution is 7.26. The van der Waals surface area contributed by atoms with Gasteiger partial charge in [0.1, 0.15) is 0 Å². The summed E-state index contributed by atoms with van der Waals surface area (Å²) in [6.07, 6.45) is 0. The first kappa shape index (κ1) is 49.7. The SMILES string of the molecule is c1ccc(-c2ccc3sc4c(-c5ccc6c7ccc(-c8cc(-c9ccccc9)cc9c8sc8ccc(-c%10ccccc%10)cc89)cc7n(-c7cccc(-c8ccc9c%10ccccc%10c%10ccccc%10c9c8)c7)c6c5)cc(-c5ccccc5)cc4c3c2)cc1. The number of hydrogen-bond acceptors (Lipinski definition) is 2. The monoisotopic (exact) mass is 1140 g/mol. The third-order valence-electron chi connectivity index (χ3n) is 18.1. The van der Waals surface area contributed by atoms with Gasteiger partial charge in [-0.2, -0.15) is 0 Å². The van der Waals surface area contributed by atoms with Gasteiger partial charge in [-0.1, -0.05) is 231 Å². The van der Waals surface area contributed by atoms with Crippen LogP contribution in [0.2, 0.25) is 0 Å². The van der Waals surface area contributed by atoms with Crippen molar-refractivity contribution in [1.29, 1.82) is 0 Å². The van der Waals surface area contributed by atoms with Crippen LogP contribution < -0.4 is 0 Å². The van der Waals surface area contributed by atoms with Gasteiger partial charge in [0.2, 0.25) is 0 Å². The van der Waals surface area contributed by atoms with Crippen molar-refractivity contribution in [3.05, 3.63) is 309 Å². The lowest BCUT2D eigenvalue weighted by molar-refractivity contribution is 1.18. The van der Waals surface area contributed by atoms with Gasteiger partial charge in [0, 0.05) is 67.9 Å². The Hall–Kier alpha value is -10.7. The predicted octanol–water partition coefficient (Wildman–Crippen LogP) is 24.6. The van der Waals surface area contributed by atoms with Crippen LogP contribution in [-0.2, 0) is 0 Å². The Labute approximate surface area is 511 Å². The quantitative estimate of drug-likeness (QED) is 0.134. The van der Waals surface area contributed by atoms with Gasteiger partial charge in [-0.3, -0.25) is 0 Å². The maximum absolute atomic E-state index is 2.55. The Bertz CT molecular complexity index is 5500. The van der Waals surface area contributed by atoms with Gasteiger partial charge in [0.05, 0.1) is 11.0 Å². The molecule has 0 unspecified atom stereocenters. The number of aromatic nitrogens is 1. The van der Waals surface area contributed by atoms with E-state index in [0.717, 1.165) is 16.7 Å². The molecule has 0 radical (unpaired) electrons. The summed E-state index contributed by atoms with van der Waals surface area (Å²) in [6.45, 7) is 0. The van der Waals surface area contributed by atoms with E-state index in [1.165, 1.54) is 161 Å². The molecule has 0 saturated heterocycles. The van der Waals surface area contributed by atoms with Crippen LogP contribution in [0.4, 0.5) is 0 Å². The first-order valence-electron chi connectivity index (χ1n) is 29.9. The van der Waals surface area contributed by atoms with Gasteiger partial charge in [0.25, 0.3) is 0 Å². The maximum atomic E-state index is 2.55. The first-order chi connectivity index (χ1) is 43.1. The van der Waals surface area contributed by atoms with E-state index in [9.17, 15) is 0 Å². The molecule has 18 aromatic rings. The minimum atomic E-state index is 1.11. The highest BCUT2D eigenvalue weighted by Gasteiger charge is 2.22. The maximum Gasteiger partial charge on any atom is 0.0547 e. The average Bonchev–Trinajstić information content (AvgIpc) is 2.06. The van der Waals surface area contributed by atoms with E-state index >= 15 is 0 Å². The number of hydrogen-bond donors (Lipinski definition) is 0. The molecule has 3 aromatic heterocycles. The summed E-state index contributed by atoms with van der Waals surface area (Å²) in [6, 6.07) is 116. The van der Waals surface area contributed by atoms with Crippen molar-refractivity contribution in [2.24, 2.45) is 0 Å². The summed E-state index contributed by atoms with van der Waals surface area (Å²) in [4.78, 5) is 0. The van der Waals surface area contributed by atoms with Crippen LogP contribution in [0, 0.1) is 0 Å². The van der Waals surface area contributed by atoms with Crippen molar-refractivity contribution in [1.82, 2.24) is 4.57 Å². The summed E-state index contributed by atoms with van der Waals surface area (Å²) in [5, 5.41) is 15.2. The van der Waals surface area contributed by atoms with E-state index in [-0.39, 0.29) is 0 Å². The van der Waals surface area contributed by atoms with Crippen molar-refractivity contribution < 1.29 is 0 Å². The van der Waals surface area contributed by atoms with Gasteiger partial charge in [-0.05, 0) is 178 Å². The topological polar surface area (TPSA) is 4.93 Å². The van der Waals surface area contributed by atoms with Gasteiger partial charge in [-0.15, -0.1) is 22.7 Å². The molecule has 404 valence electrons. The van der Waals surface area contributed by atoms with Crippen LogP contribution in [0.3, 0.4) is 0 Å². The van der Waals surface area contributed by atoms with Crippen LogP contribution in [0.15, 0.2) is 309 Å². The standard InChI is InChI=1S/C84H51NS2/c1-5-18-52(19-6-1)57-35-40-81-75(44-57)77-48-62(54-22-9-3-10-23-54)46-72(83(77)86-81)60-33-38-70-71-39-34-61(73-47-63(55-24-11-4-12-25-55)49-78-76-45-58(53-20-7-2-8-21-53)36-41-82(76)87-84(73)78)51-80(71)85(79(70)50-60)64-27-17-26-56(42-64)59-32-37-69-67-30-14-13-28-65(67)66-29-15-16-31-68(66)74(69)43-59/h1-51H. The molecule has 0 bridgehead atoms. The molecule has 15 aromatic carbocycles. The molecule has 0 aliphatic rings. The molecule has 0 aliphatic carbocycles. The Morgan fingerprint density at radius 1 is 0.184 bits per heavy atom. The Morgan fingerprint density at radius 3 is 0.989 bits per heavy atom. The smallest absolute Gasteiger partial charge is 0.0547 e. The highest BCUT2D eigenvalue weighted by atomic mass is 32.1.